The Labute approximate surface area is 149 Å². The molecule has 1 aromatic rings. The van der Waals surface area contributed by atoms with Crippen molar-refractivity contribution in [2.24, 2.45) is 5.92 Å². The summed E-state index contributed by atoms with van der Waals surface area (Å²) in [7, 11) is 1.65. The van der Waals surface area contributed by atoms with Crippen LogP contribution in [-0.4, -0.2) is 56.6 Å². The summed E-state index contributed by atoms with van der Waals surface area (Å²) in [4.78, 5) is 26.0. The number of ether oxygens (including phenoxy) is 1. The molecular formula is C17H26ClN3O3. The average Bonchev–Trinajstić information content (AvgIpc) is 2.92. The van der Waals surface area contributed by atoms with Crippen LogP contribution in [0.3, 0.4) is 0 Å². The van der Waals surface area contributed by atoms with E-state index in [1.54, 1.807) is 12.0 Å². The number of hydrogen-bond acceptors (Lipinski definition) is 4. The minimum atomic E-state index is -0.245. The molecule has 0 spiro atoms. The van der Waals surface area contributed by atoms with Crippen LogP contribution in [0.2, 0.25) is 0 Å². The van der Waals surface area contributed by atoms with Crippen molar-refractivity contribution in [2.75, 3.05) is 39.9 Å². The predicted octanol–water partition coefficient (Wildman–Crippen LogP) is 0.809. The highest BCUT2D eigenvalue weighted by Gasteiger charge is 2.33. The van der Waals surface area contributed by atoms with Gasteiger partial charge in [-0.25, -0.2) is 0 Å². The monoisotopic (exact) mass is 355 g/mol. The van der Waals surface area contributed by atoms with Gasteiger partial charge in [-0.3, -0.25) is 9.59 Å². The van der Waals surface area contributed by atoms with Gasteiger partial charge in [0.1, 0.15) is 0 Å². The van der Waals surface area contributed by atoms with Crippen molar-refractivity contribution in [2.45, 2.75) is 13.0 Å². The Morgan fingerprint density at radius 3 is 2.71 bits per heavy atom. The van der Waals surface area contributed by atoms with Gasteiger partial charge < -0.3 is 20.3 Å². The fourth-order valence-corrected chi connectivity index (χ4v) is 2.62. The molecule has 24 heavy (non-hydrogen) atoms. The first kappa shape index (κ1) is 20.4. The molecule has 0 radical (unpaired) electrons. The van der Waals surface area contributed by atoms with Crippen LogP contribution in [0.1, 0.15) is 12.0 Å². The molecule has 0 aliphatic carbocycles. The van der Waals surface area contributed by atoms with E-state index < -0.39 is 0 Å². The van der Waals surface area contributed by atoms with E-state index in [1.807, 2.05) is 30.3 Å². The smallest absolute Gasteiger partial charge is 0.225 e. The Morgan fingerprint density at radius 1 is 1.25 bits per heavy atom. The fourth-order valence-electron chi connectivity index (χ4n) is 2.62. The summed E-state index contributed by atoms with van der Waals surface area (Å²) in [6.07, 6.45) is 0.301. The molecule has 1 aromatic carbocycles. The van der Waals surface area contributed by atoms with Gasteiger partial charge in [0.15, 0.2) is 0 Å². The van der Waals surface area contributed by atoms with E-state index in [0.29, 0.717) is 39.2 Å². The standard InChI is InChI=1S/C17H25N3O3.ClH/c1-23-10-9-18-7-8-19-17(22)15-11-16(21)20(13-15)12-14-5-3-2-4-6-14;/h2-6,15,18H,7-13H2,1H3,(H,19,22);1H. The molecule has 1 heterocycles. The van der Waals surface area contributed by atoms with Gasteiger partial charge in [-0.15, -0.1) is 12.4 Å². The molecule has 1 unspecified atom stereocenters. The zero-order valence-corrected chi connectivity index (χ0v) is 14.8. The van der Waals surface area contributed by atoms with Crippen molar-refractivity contribution in [3.8, 4) is 0 Å². The second-order valence-electron chi connectivity index (χ2n) is 5.69. The molecule has 0 saturated carbocycles. The summed E-state index contributed by atoms with van der Waals surface area (Å²) in [6, 6.07) is 9.85. The lowest BCUT2D eigenvalue weighted by molar-refractivity contribution is -0.129. The lowest BCUT2D eigenvalue weighted by atomic mass is 10.1. The number of likely N-dealkylation sites (tertiary alicyclic amines) is 1. The number of nitrogens with zero attached hydrogens (tertiary/aromatic N) is 1. The van der Waals surface area contributed by atoms with Crippen molar-refractivity contribution in [1.82, 2.24) is 15.5 Å². The highest BCUT2D eigenvalue weighted by molar-refractivity contribution is 5.89. The third kappa shape index (κ3) is 6.47. The van der Waals surface area contributed by atoms with E-state index in [2.05, 4.69) is 10.6 Å². The summed E-state index contributed by atoms with van der Waals surface area (Å²) in [6.45, 7) is 3.74. The van der Waals surface area contributed by atoms with Crippen LogP contribution in [0.15, 0.2) is 30.3 Å². The van der Waals surface area contributed by atoms with Crippen molar-refractivity contribution in [3.63, 3.8) is 0 Å². The van der Waals surface area contributed by atoms with Crippen LogP contribution < -0.4 is 10.6 Å². The number of methoxy groups -OCH3 is 1. The fraction of sp³-hybridized carbons (Fsp3) is 0.529. The first-order chi connectivity index (χ1) is 11.2. The Hall–Kier alpha value is -1.63. The lowest BCUT2D eigenvalue weighted by Crippen LogP contribution is -2.37. The molecule has 6 nitrogen and oxygen atoms in total. The molecule has 1 saturated heterocycles. The Bertz CT molecular complexity index is 513. The topological polar surface area (TPSA) is 70.7 Å². The zero-order valence-electron chi connectivity index (χ0n) is 14.0. The van der Waals surface area contributed by atoms with Gasteiger partial charge in [-0.1, -0.05) is 30.3 Å². The zero-order chi connectivity index (χ0) is 16.5. The lowest BCUT2D eigenvalue weighted by Gasteiger charge is -2.16. The Balaban J connectivity index is 0.00000288. The summed E-state index contributed by atoms with van der Waals surface area (Å²) in [5.41, 5.74) is 1.09. The van der Waals surface area contributed by atoms with Gasteiger partial charge in [0.2, 0.25) is 11.8 Å². The molecule has 2 amide bonds. The van der Waals surface area contributed by atoms with Crippen molar-refractivity contribution in [3.05, 3.63) is 35.9 Å². The van der Waals surface area contributed by atoms with Gasteiger partial charge >= 0.3 is 0 Å². The number of carbonyl (C=O) groups excluding carboxylic acids is 2. The molecular weight excluding hydrogens is 330 g/mol. The van der Waals surface area contributed by atoms with Crippen LogP contribution in [0.25, 0.3) is 0 Å². The summed E-state index contributed by atoms with van der Waals surface area (Å²) < 4.78 is 4.93. The third-order valence-corrected chi connectivity index (χ3v) is 3.89. The first-order valence-electron chi connectivity index (χ1n) is 7.99. The first-order valence-corrected chi connectivity index (χ1v) is 7.99. The van der Waals surface area contributed by atoms with Crippen LogP contribution in [-0.2, 0) is 20.9 Å². The van der Waals surface area contributed by atoms with E-state index in [4.69, 9.17) is 4.74 Å². The number of amides is 2. The van der Waals surface area contributed by atoms with Gasteiger partial charge in [0.25, 0.3) is 0 Å². The molecule has 0 bridgehead atoms. The van der Waals surface area contributed by atoms with Crippen molar-refractivity contribution >= 4 is 24.2 Å². The molecule has 2 rings (SSSR count). The number of hydrogen-bond donors (Lipinski definition) is 2. The van der Waals surface area contributed by atoms with Crippen LogP contribution in [0.5, 0.6) is 0 Å². The van der Waals surface area contributed by atoms with Crippen LogP contribution in [0, 0.1) is 5.92 Å². The number of nitrogens with one attached hydrogen (secondary N) is 2. The maximum atomic E-state index is 12.1. The van der Waals surface area contributed by atoms with Crippen LogP contribution >= 0.6 is 12.4 Å². The van der Waals surface area contributed by atoms with Gasteiger partial charge in [-0.2, -0.15) is 0 Å². The second-order valence-corrected chi connectivity index (χ2v) is 5.69. The van der Waals surface area contributed by atoms with E-state index in [-0.39, 0.29) is 30.1 Å². The highest BCUT2D eigenvalue weighted by atomic mass is 35.5. The van der Waals surface area contributed by atoms with Crippen molar-refractivity contribution < 1.29 is 14.3 Å². The average molecular weight is 356 g/mol. The van der Waals surface area contributed by atoms with E-state index >= 15 is 0 Å². The largest absolute Gasteiger partial charge is 0.383 e. The normalized spacial score (nSPS) is 16.8. The Kier molecular flexibility index (Phi) is 9.37. The Morgan fingerprint density at radius 2 is 2.00 bits per heavy atom. The molecule has 134 valence electrons. The number of rotatable bonds is 9. The third-order valence-electron chi connectivity index (χ3n) is 3.89. The minimum absolute atomic E-state index is 0. The van der Waals surface area contributed by atoms with Gasteiger partial charge in [-0.05, 0) is 5.56 Å². The SMILES string of the molecule is COCCNCCNC(=O)C1CC(=O)N(Cc2ccccc2)C1.Cl. The van der Waals surface area contributed by atoms with Crippen molar-refractivity contribution in [1.29, 1.82) is 0 Å². The van der Waals surface area contributed by atoms with E-state index in [0.717, 1.165) is 12.1 Å². The summed E-state index contributed by atoms with van der Waals surface area (Å²) in [5, 5.41) is 6.05. The molecule has 1 atom stereocenters. The molecule has 7 heteroatoms. The molecule has 2 N–H and O–H groups in total. The number of carbonyl (C=O) groups is 2. The molecule has 1 fully saturated rings. The van der Waals surface area contributed by atoms with E-state index in [9.17, 15) is 9.59 Å². The summed E-state index contributed by atoms with van der Waals surface area (Å²) in [5.74, 6) is -0.236. The maximum absolute atomic E-state index is 12.1. The quantitative estimate of drug-likeness (QED) is 0.643. The van der Waals surface area contributed by atoms with Gasteiger partial charge in [0.05, 0.1) is 12.5 Å². The molecule has 1 aliphatic heterocycles. The highest BCUT2D eigenvalue weighted by Crippen LogP contribution is 2.20. The molecule has 1 aliphatic rings. The van der Waals surface area contributed by atoms with Crippen LogP contribution in [0.4, 0.5) is 0 Å². The predicted molar refractivity (Wildman–Crippen MR) is 95.0 cm³/mol. The van der Waals surface area contributed by atoms with E-state index in [1.165, 1.54) is 0 Å². The van der Waals surface area contributed by atoms with Gasteiger partial charge in [0, 0.05) is 46.3 Å². The number of halogens is 1. The minimum Gasteiger partial charge on any atom is -0.383 e. The summed E-state index contributed by atoms with van der Waals surface area (Å²) >= 11 is 0. The maximum Gasteiger partial charge on any atom is 0.225 e. The molecule has 0 aromatic heterocycles. The number of benzene rings is 1. The second kappa shape index (κ2) is 11.0.